The van der Waals surface area contributed by atoms with Gasteiger partial charge in [0.15, 0.2) is 0 Å². The van der Waals surface area contributed by atoms with E-state index in [-0.39, 0.29) is 19.0 Å². The maximum absolute atomic E-state index is 11.9. The van der Waals surface area contributed by atoms with Crippen molar-refractivity contribution in [2.24, 2.45) is 0 Å². The van der Waals surface area contributed by atoms with E-state index < -0.39 is 11.7 Å². The summed E-state index contributed by atoms with van der Waals surface area (Å²) in [5.41, 5.74) is 1.45. The van der Waals surface area contributed by atoms with Crippen LogP contribution >= 0.6 is 11.6 Å². The van der Waals surface area contributed by atoms with Crippen LogP contribution in [0, 0.1) is 0 Å². The highest BCUT2D eigenvalue weighted by Gasteiger charge is 2.13. The van der Waals surface area contributed by atoms with Gasteiger partial charge in [-0.2, -0.15) is 4.68 Å². The van der Waals surface area contributed by atoms with Gasteiger partial charge in [-0.3, -0.25) is 4.79 Å². The molecule has 122 valence electrons. The highest BCUT2D eigenvalue weighted by molar-refractivity contribution is 6.30. The van der Waals surface area contributed by atoms with Crippen LogP contribution < -0.4 is 5.76 Å². The fourth-order valence-corrected chi connectivity index (χ4v) is 2.14. The summed E-state index contributed by atoms with van der Waals surface area (Å²) in [6.07, 6.45) is 0. The number of halogens is 1. The Morgan fingerprint density at radius 2 is 1.83 bits per heavy atom. The first kappa shape index (κ1) is 16.0. The molecular weight excluding hydrogens is 332 g/mol. The highest BCUT2D eigenvalue weighted by Crippen LogP contribution is 2.14. The first-order valence-electron chi connectivity index (χ1n) is 7.15. The Labute approximate surface area is 142 Å². The Kier molecular flexibility index (Phi) is 4.77. The normalized spacial score (nSPS) is 10.5. The predicted molar refractivity (Wildman–Crippen MR) is 87.4 cm³/mol. The summed E-state index contributed by atoms with van der Waals surface area (Å²) in [7, 11) is 0. The smallest absolute Gasteiger partial charge is 0.437 e. The van der Waals surface area contributed by atoms with Gasteiger partial charge in [0.2, 0.25) is 5.89 Å². The van der Waals surface area contributed by atoms with Crippen LogP contribution in [0.3, 0.4) is 0 Å². The fraction of sp³-hybridized carbons (Fsp3) is 0.118. The zero-order chi connectivity index (χ0) is 16.9. The van der Waals surface area contributed by atoms with Crippen LogP contribution in [0.15, 0.2) is 63.8 Å². The lowest BCUT2D eigenvalue weighted by atomic mass is 10.2. The Hall–Kier alpha value is -2.86. The largest absolute Gasteiger partial charge is 0.459 e. The first-order valence-corrected chi connectivity index (χ1v) is 7.53. The molecule has 0 saturated heterocycles. The van der Waals surface area contributed by atoms with Gasteiger partial charge >= 0.3 is 11.7 Å². The molecule has 1 aromatic heterocycles. The molecule has 3 aromatic rings. The van der Waals surface area contributed by atoms with E-state index in [0.29, 0.717) is 10.6 Å². The number of rotatable bonds is 5. The van der Waals surface area contributed by atoms with Crippen molar-refractivity contribution in [2.45, 2.75) is 13.2 Å². The molecule has 0 spiro atoms. The zero-order valence-corrected chi connectivity index (χ0v) is 13.3. The Balaban J connectivity index is 1.63. The fourth-order valence-electron chi connectivity index (χ4n) is 2.02. The summed E-state index contributed by atoms with van der Waals surface area (Å²) in [5, 5.41) is 4.61. The first-order chi connectivity index (χ1) is 11.6. The summed E-state index contributed by atoms with van der Waals surface area (Å²) in [5.74, 6) is -1.14. The second kappa shape index (κ2) is 7.14. The molecule has 0 fully saturated rings. The van der Waals surface area contributed by atoms with Gasteiger partial charge < -0.3 is 9.15 Å². The third-order valence-electron chi connectivity index (χ3n) is 3.22. The van der Waals surface area contributed by atoms with E-state index in [1.165, 1.54) is 0 Å². The van der Waals surface area contributed by atoms with Crippen molar-refractivity contribution in [1.82, 2.24) is 9.78 Å². The number of hydrogen-bond donors (Lipinski definition) is 0. The van der Waals surface area contributed by atoms with Crippen molar-refractivity contribution in [1.29, 1.82) is 0 Å². The average molecular weight is 345 g/mol. The molecule has 0 aliphatic rings. The lowest BCUT2D eigenvalue weighted by Gasteiger charge is -2.04. The maximum Gasteiger partial charge on any atom is 0.437 e. The molecule has 0 amide bonds. The molecule has 7 heteroatoms. The minimum atomic E-state index is -0.711. The summed E-state index contributed by atoms with van der Waals surface area (Å²) < 4.78 is 11.1. The number of nitrogens with zero attached hydrogens (tertiary/aromatic N) is 2. The van der Waals surface area contributed by atoms with Crippen LogP contribution in [0.1, 0.15) is 5.56 Å². The molecule has 0 radical (unpaired) electrons. The number of hydrogen-bond acceptors (Lipinski definition) is 5. The zero-order valence-electron chi connectivity index (χ0n) is 12.5. The van der Waals surface area contributed by atoms with Gasteiger partial charge in [0.25, 0.3) is 0 Å². The molecule has 2 aromatic carbocycles. The van der Waals surface area contributed by atoms with E-state index in [1.807, 2.05) is 6.07 Å². The van der Waals surface area contributed by atoms with Gasteiger partial charge in [-0.05, 0) is 29.8 Å². The van der Waals surface area contributed by atoms with Gasteiger partial charge in [0, 0.05) is 10.6 Å². The van der Waals surface area contributed by atoms with Crippen molar-refractivity contribution in [2.75, 3.05) is 0 Å². The van der Waals surface area contributed by atoms with Gasteiger partial charge in [-0.25, -0.2) is 4.79 Å². The van der Waals surface area contributed by atoms with Crippen molar-refractivity contribution >= 4 is 17.6 Å². The molecule has 6 nitrogen and oxygen atoms in total. The number of esters is 1. The molecule has 0 N–H and O–H groups in total. The maximum atomic E-state index is 11.9. The quantitative estimate of drug-likeness (QED) is 0.665. The number of aromatic nitrogens is 2. The molecule has 3 rings (SSSR count). The minimum absolute atomic E-state index is 0.0914. The number of carbonyl (C=O) groups excluding carboxylic acids is 1. The lowest BCUT2D eigenvalue weighted by Crippen LogP contribution is -2.22. The van der Waals surface area contributed by atoms with Gasteiger partial charge in [-0.15, -0.1) is 5.10 Å². The molecule has 24 heavy (non-hydrogen) atoms. The van der Waals surface area contributed by atoms with Crippen molar-refractivity contribution in [3.8, 4) is 11.5 Å². The van der Waals surface area contributed by atoms with Crippen molar-refractivity contribution < 1.29 is 13.9 Å². The Bertz CT molecular complexity index is 885. The van der Waals surface area contributed by atoms with E-state index in [2.05, 4.69) is 5.10 Å². The Morgan fingerprint density at radius 1 is 1.12 bits per heavy atom. The van der Waals surface area contributed by atoms with Gasteiger partial charge in [0.05, 0.1) is 0 Å². The molecule has 0 aliphatic carbocycles. The van der Waals surface area contributed by atoms with Crippen molar-refractivity contribution in [3.05, 3.63) is 75.7 Å². The molecule has 0 unspecified atom stereocenters. The predicted octanol–water partition coefficient (Wildman–Crippen LogP) is 2.90. The van der Waals surface area contributed by atoms with Crippen LogP contribution in [0.25, 0.3) is 11.5 Å². The van der Waals surface area contributed by atoms with E-state index in [4.69, 9.17) is 20.8 Å². The second-order valence-electron chi connectivity index (χ2n) is 4.98. The van der Waals surface area contributed by atoms with E-state index in [0.717, 1.165) is 10.2 Å². The van der Waals surface area contributed by atoms with Gasteiger partial charge in [-0.1, -0.05) is 41.9 Å². The second-order valence-corrected chi connectivity index (χ2v) is 5.42. The molecule has 1 heterocycles. The highest BCUT2D eigenvalue weighted by atomic mass is 35.5. The summed E-state index contributed by atoms with van der Waals surface area (Å²) >= 11 is 5.79. The van der Waals surface area contributed by atoms with Crippen LogP contribution in [0.5, 0.6) is 0 Å². The standard InChI is InChI=1S/C17H13ClN2O4/c18-14-8-6-12(7-9-14)11-23-15(21)10-20-17(22)24-16(19-20)13-4-2-1-3-5-13/h1-9H,10-11H2. The number of ether oxygens (including phenoxy) is 1. The van der Waals surface area contributed by atoms with Crippen LogP contribution in [-0.4, -0.2) is 15.7 Å². The summed E-state index contributed by atoms with van der Waals surface area (Å²) in [6.45, 7) is -0.225. The molecule has 0 atom stereocenters. The molecular formula is C17H13ClN2O4. The molecule has 0 saturated carbocycles. The van der Waals surface area contributed by atoms with Crippen molar-refractivity contribution in [3.63, 3.8) is 0 Å². The van der Waals surface area contributed by atoms with E-state index in [1.54, 1.807) is 48.5 Å². The van der Waals surface area contributed by atoms with E-state index in [9.17, 15) is 9.59 Å². The van der Waals surface area contributed by atoms with Crippen LogP contribution in [0.2, 0.25) is 5.02 Å². The summed E-state index contributed by atoms with van der Waals surface area (Å²) in [4.78, 5) is 23.6. The molecule has 0 bridgehead atoms. The van der Waals surface area contributed by atoms with E-state index >= 15 is 0 Å². The minimum Gasteiger partial charge on any atom is -0.459 e. The number of benzene rings is 2. The van der Waals surface area contributed by atoms with Gasteiger partial charge in [0.1, 0.15) is 13.2 Å². The Morgan fingerprint density at radius 3 is 2.54 bits per heavy atom. The van der Waals surface area contributed by atoms with Crippen LogP contribution in [-0.2, 0) is 22.7 Å². The number of carbonyl (C=O) groups is 1. The third kappa shape index (κ3) is 3.91. The average Bonchev–Trinajstić information content (AvgIpc) is 2.96. The SMILES string of the molecule is O=C(Cn1nc(-c2ccccc2)oc1=O)OCc1ccc(Cl)cc1. The topological polar surface area (TPSA) is 74.3 Å². The monoisotopic (exact) mass is 344 g/mol. The summed E-state index contributed by atoms with van der Waals surface area (Å²) in [6, 6.07) is 15.9. The lowest BCUT2D eigenvalue weighted by molar-refractivity contribution is -0.146. The third-order valence-corrected chi connectivity index (χ3v) is 3.47. The molecule has 0 aliphatic heterocycles. The van der Waals surface area contributed by atoms with Crippen LogP contribution in [0.4, 0.5) is 0 Å².